The Kier molecular flexibility index (Phi) is 5.89. The van der Waals surface area contributed by atoms with Gasteiger partial charge in [0.1, 0.15) is 0 Å². The van der Waals surface area contributed by atoms with Crippen LogP contribution < -0.4 is 0 Å². The Hall–Kier alpha value is -6.98. The first-order valence-corrected chi connectivity index (χ1v) is 17.3. The van der Waals surface area contributed by atoms with Gasteiger partial charge in [0.2, 0.25) is 5.95 Å². The van der Waals surface area contributed by atoms with Crippen molar-refractivity contribution in [3.8, 4) is 28.6 Å². The van der Waals surface area contributed by atoms with Gasteiger partial charge >= 0.3 is 0 Å². The van der Waals surface area contributed by atoms with Crippen LogP contribution in [-0.2, 0) is 0 Å². The highest BCUT2D eigenvalue weighted by molar-refractivity contribution is 6.26. The maximum Gasteiger partial charge on any atom is 0.235 e. The molecule has 0 atom stereocenters. The van der Waals surface area contributed by atoms with Crippen molar-refractivity contribution in [1.82, 2.24) is 23.7 Å². The molecule has 7 aromatic carbocycles. The van der Waals surface area contributed by atoms with E-state index in [4.69, 9.17) is 9.97 Å². The summed E-state index contributed by atoms with van der Waals surface area (Å²) in [6.45, 7) is 0. The second-order valence-corrected chi connectivity index (χ2v) is 13.1. The molecule has 0 aliphatic rings. The molecule has 0 spiro atoms. The molecule has 0 aliphatic heterocycles. The minimum Gasteiger partial charge on any atom is -0.309 e. The molecule has 0 N–H and O–H groups in total. The molecule has 0 saturated heterocycles. The summed E-state index contributed by atoms with van der Waals surface area (Å²) >= 11 is 0. The standard InChI is InChI=1S/C46H29N5/c1-3-13-31(14-4-1)49-39-20-10-8-18-34(39)37-29-30(23-25-42(37)49)38-27-28-47-46(48-38)51-41-22-12-9-19-36(41)44-43(51)26-24-35-33-17-7-11-21-40(33)50(45(35)44)32-15-5-2-6-16-32/h1-29H. The van der Waals surface area contributed by atoms with E-state index in [2.05, 4.69) is 177 Å². The number of para-hydroxylation sites is 5. The highest BCUT2D eigenvalue weighted by Crippen LogP contribution is 2.42. The summed E-state index contributed by atoms with van der Waals surface area (Å²) in [5.41, 5.74) is 11.1. The zero-order valence-corrected chi connectivity index (χ0v) is 27.5. The van der Waals surface area contributed by atoms with Gasteiger partial charge in [0.05, 0.1) is 38.8 Å². The van der Waals surface area contributed by atoms with Crippen molar-refractivity contribution in [2.75, 3.05) is 0 Å². The van der Waals surface area contributed by atoms with Crippen LogP contribution in [0.25, 0.3) is 94.0 Å². The van der Waals surface area contributed by atoms with E-state index in [0.29, 0.717) is 5.95 Å². The van der Waals surface area contributed by atoms with Crippen LogP contribution in [0.15, 0.2) is 176 Å². The number of nitrogens with zero attached hydrogens (tertiary/aromatic N) is 5. The first-order valence-electron chi connectivity index (χ1n) is 17.3. The molecular formula is C46H29N5. The Morgan fingerprint density at radius 3 is 1.65 bits per heavy atom. The summed E-state index contributed by atoms with van der Waals surface area (Å²) in [6, 6.07) is 60.3. The van der Waals surface area contributed by atoms with E-state index in [-0.39, 0.29) is 0 Å². The lowest BCUT2D eigenvalue weighted by Crippen LogP contribution is -2.01. The van der Waals surface area contributed by atoms with Gasteiger partial charge in [-0.3, -0.25) is 4.57 Å². The average molecular weight is 652 g/mol. The quantitative estimate of drug-likeness (QED) is 0.190. The molecule has 5 heteroatoms. The Morgan fingerprint density at radius 2 is 0.922 bits per heavy atom. The summed E-state index contributed by atoms with van der Waals surface area (Å²) in [6.07, 6.45) is 1.88. The molecule has 0 radical (unpaired) electrons. The maximum atomic E-state index is 5.28. The van der Waals surface area contributed by atoms with Gasteiger partial charge in [-0.25, -0.2) is 9.97 Å². The van der Waals surface area contributed by atoms with Gasteiger partial charge in [0, 0.05) is 55.5 Å². The number of benzene rings is 7. The minimum atomic E-state index is 0.646. The van der Waals surface area contributed by atoms with Crippen molar-refractivity contribution in [2.24, 2.45) is 0 Å². The summed E-state index contributed by atoms with van der Waals surface area (Å²) in [5.74, 6) is 0.646. The molecule has 0 aliphatic carbocycles. The van der Waals surface area contributed by atoms with Crippen LogP contribution in [0.3, 0.4) is 0 Å². The van der Waals surface area contributed by atoms with E-state index < -0.39 is 0 Å². The molecule has 238 valence electrons. The lowest BCUT2D eigenvalue weighted by Gasteiger charge is -2.10. The lowest BCUT2D eigenvalue weighted by molar-refractivity contribution is 0.992. The van der Waals surface area contributed by atoms with Crippen LogP contribution in [0.2, 0.25) is 0 Å². The molecule has 5 nitrogen and oxygen atoms in total. The highest BCUT2D eigenvalue weighted by Gasteiger charge is 2.22. The van der Waals surface area contributed by atoms with Crippen molar-refractivity contribution < 1.29 is 0 Å². The molecule has 0 fully saturated rings. The largest absolute Gasteiger partial charge is 0.309 e. The molecule has 11 rings (SSSR count). The molecular weight excluding hydrogens is 623 g/mol. The van der Waals surface area contributed by atoms with Crippen molar-refractivity contribution in [2.45, 2.75) is 0 Å². The summed E-state index contributed by atoms with van der Waals surface area (Å²) in [4.78, 5) is 10.2. The Bertz CT molecular complexity index is 3130. The normalized spacial score (nSPS) is 11.9. The van der Waals surface area contributed by atoms with Crippen LogP contribution in [0.4, 0.5) is 0 Å². The molecule has 0 saturated carbocycles. The second kappa shape index (κ2) is 10.8. The van der Waals surface area contributed by atoms with Gasteiger partial charge in [-0.1, -0.05) is 103 Å². The summed E-state index contributed by atoms with van der Waals surface area (Å²) in [7, 11) is 0. The van der Waals surface area contributed by atoms with Crippen molar-refractivity contribution in [3.05, 3.63) is 176 Å². The van der Waals surface area contributed by atoms with Crippen molar-refractivity contribution in [1.29, 1.82) is 0 Å². The maximum absolute atomic E-state index is 5.28. The van der Waals surface area contributed by atoms with Gasteiger partial charge in [0.15, 0.2) is 0 Å². The van der Waals surface area contributed by atoms with Gasteiger partial charge in [-0.15, -0.1) is 0 Å². The van der Waals surface area contributed by atoms with Crippen LogP contribution in [0, 0.1) is 0 Å². The van der Waals surface area contributed by atoms with Crippen molar-refractivity contribution in [3.63, 3.8) is 0 Å². The van der Waals surface area contributed by atoms with Crippen LogP contribution in [-0.4, -0.2) is 23.7 Å². The second-order valence-electron chi connectivity index (χ2n) is 13.1. The van der Waals surface area contributed by atoms with E-state index in [1.807, 2.05) is 12.3 Å². The number of hydrogen-bond acceptors (Lipinski definition) is 2. The highest BCUT2D eigenvalue weighted by atomic mass is 15.2. The molecule has 4 aromatic heterocycles. The molecule has 11 aromatic rings. The molecule has 0 bridgehead atoms. The number of hydrogen-bond donors (Lipinski definition) is 0. The Morgan fingerprint density at radius 1 is 0.373 bits per heavy atom. The topological polar surface area (TPSA) is 40.6 Å². The average Bonchev–Trinajstić information content (AvgIpc) is 3.84. The Balaban J connectivity index is 1.15. The van der Waals surface area contributed by atoms with E-state index in [1.54, 1.807) is 0 Å². The predicted octanol–water partition coefficient (Wildman–Crippen LogP) is 11.4. The number of aromatic nitrogens is 5. The minimum absolute atomic E-state index is 0.646. The smallest absolute Gasteiger partial charge is 0.235 e. The molecule has 0 amide bonds. The fourth-order valence-corrected chi connectivity index (χ4v) is 8.17. The van der Waals surface area contributed by atoms with Gasteiger partial charge in [-0.2, -0.15) is 0 Å². The third-order valence-corrected chi connectivity index (χ3v) is 10.3. The third-order valence-electron chi connectivity index (χ3n) is 10.3. The first kappa shape index (κ1) is 27.9. The molecule has 51 heavy (non-hydrogen) atoms. The zero-order valence-electron chi connectivity index (χ0n) is 27.5. The van der Waals surface area contributed by atoms with Crippen LogP contribution in [0.1, 0.15) is 0 Å². The van der Waals surface area contributed by atoms with Crippen LogP contribution >= 0.6 is 0 Å². The van der Waals surface area contributed by atoms with Gasteiger partial charge in [0.25, 0.3) is 0 Å². The van der Waals surface area contributed by atoms with Crippen molar-refractivity contribution >= 4 is 65.4 Å². The lowest BCUT2D eigenvalue weighted by atomic mass is 10.1. The SMILES string of the molecule is c1ccc(-n2c3ccccc3c3cc(-c4ccnc(-n5c6ccccc6c6c5ccc5c7ccccc7n(-c7ccccc7)c56)n4)ccc32)cc1. The van der Waals surface area contributed by atoms with Crippen LogP contribution in [0.5, 0.6) is 0 Å². The molecule has 0 unspecified atom stereocenters. The fraction of sp³-hybridized carbons (Fsp3) is 0. The predicted molar refractivity (Wildman–Crippen MR) is 210 cm³/mol. The monoisotopic (exact) mass is 651 g/mol. The zero-order chi connectivity index (χ0) is 33.5. The van der Waals surface area contributed by atoms with E-state index in [0.717, 1.165) is 33.7 Å². The van der Waals surface area contributed by atoms with Gasteiger partial charge < -0.3 is 9.13 Å². The fourth-order valence-electron chi connectivity index (χ4n) is 8.17. The van der Waals surface area contributed by atoms with E-state index >= 15 is 0 Å². The number of rotatable bonds is 4. The first-order chi connectivity index (χ1) is 25.3. The van der Waals surface area contributed by atoms with E-state index in [9.17, 15) is 0 Å². The number of fused-ring (bicyclic) bond motifs is 10. The summed E-state index contributed by atoms with van der Waals surface area (Å²) in [5, 5.41) is 7.22. The van der Waals surface area contributed by atoms with Gasteiger partial charge in [-0.05, 0) is 66.7 Å². The Labute approximate surface area is 292 Å². The molecule has 4 heterocycles. The van der Waals surface area contributed by atoms with E-state index in [1.165, 1.54) is 54.4 Å². The summed E-state index contributed by atoms with van der Waals surface area (Å²) < 4.78 is 6.97. The third kappa shape index (κ3) is 4.03.